The Morgan fingerprint density at radius 2 is 2.09 bits per heavy atom. The number of aryl methyl sites for hydroxylation is 2. The minimum atomic E-state index is 0.323. The Morgan fingerprint density at radius 1 is 1.17 bits per heavy atom. The smallest absolute Gasteiger partial charge is 0.158 e. The zero-order chi connectivity index (χ0) is 15.8. The molecular weight excluding hydrogens is 290 g/mol. The number of nitrogens with zero attached hydrogens (tertiary/aromatic N) is 6. The molecule has 0 spiro atoms. The quantitative estimate of drug-likeness (QED) is 0.781. The van der Waals surface area contributed by atoms with E-state index in [0.29, 0.717) is 5.92 Å². The number of anilines is 1. The molecule has 7 heteroatoms. The lowest BCUT2D eigenvalue weighted by atomic mass is 9.97. The van der Waals surface area contributed by atoms with E-state index in [2.05, 4.69) is 35.0 Å². The van der Waals surface area contributed by atoms with E-state index < -0.39 is 0 Å². The van der Waals surface area contributed by atoms with Crippen LogP contribution in [-0.4, -0.2) is 43.2 Å². The fourth-order valence-corrected chi connectivity index (χ4v) is 3.18. The van der Waals surface area contributed by atoms with E-state index in [4.69, 9.17) is 0 Å². The van der Waals surface area contributed by atoms with Crippen LogP contribution in [0.25, 0.3) is 11.0 Å². The number of piperidine rings is 1. The van der Waals surface area contributed by atoms with Gasteiger partial charge in [-0.15, -0.1) is 0 Å². The lowest BCUT2D eigenvalue weighted by Gasteiger charge is -2.32. The minimum Gasteiger partial charge on any atom is -0.354 e. The number of nitrogens with one attached hydrogen (secondary N) is 1. The first-order valence-corrected chi connectivity index (χ1v) is 7.93. The van der Waals surface area contributed by atoms with Gasteiger partial charge in [0.05, 0.1) is 5.52 Å². The van der Waals surface area contributed by atoms with Gasteiger partial charge in [0.2, 0.25) is 0 Å². The van der Waals surface area contributed by atoms with Crippen molar-refractivity contribution in [2.45, 2.75) is 32.6 Å². The fourth-order valence-electron chi connectivity index (χ4n) is 3.18. The molecule has 1 unspecified atom stereocenters. The van der Waals surface area contributed by atoms with Crippen molar-refractivity contribution in [3.05, 3.63) is 35.8 Å². The number of aromatic amines is 1. The Labute approximate surface area is 134 Å². The molecule has 1 aliphatic heterocycles. The highest BCUT2D eigenvalue weighted by atomic mass is 15.2. The van der Waals surface area contributed by atoms with E-state index in [0.717, 1.165) is 60.1 Å². The van der Waals surface area contributed by atoms with Gasteiger partial charge < -0.3 is 4.90 Å². The highest BCUT2D eigenvalue weighted by molar-refractivity contribution is 5.85. The SMILES string of the molecule is Cc1ccc2ncnc(N3CCCC(c4n[nH]c(C)n4)C3)c2n1. The molecule has 1 aliphatic rings. The Bertz CT molecular complexity index is 841. The summed E-state index contributed by atoms with van der Waals surface area (Å²) in [6.07, 6.45) is 3.81. The molecule has 0 bridgehead atoms. The topological polar surface area (TPSA) is 83.5 Å². The molecule has 118 valence electrons. The Kier molecular flexibility index (Phi) is 3.40. The maximum Gasteiger partial charge on any atom is 0.158 e. The molecule has 0 aliphatic carbocycles. The monoisotopic (exact) mass is 309 g/mol. The van der Waals surface area contributed by atoms with Crippen molar-refractivity contribution in [1.82, 2.24) is 30.1 Å². The van der Waals surface area contributed by atoms with Crippen LogP contribution in [0.3, 0.4) is 0 Å². The summed E-state index contributed by atoms with van der Waals surface area (Å²) in [7, 11) is 0. The highest BCUT2D eigenvalue weighted by Gasteiger charge is 2.26. The van der Waals surface area contributed by atoms with Crippen LogP contribution in [0.4, 0.5) is 5.82 Å². The molecule has 0 saturated carbocycles. The average molecular weight is 309 g/mol. The summed E-state index contributed by atoms with van der Waals surface area (Å²) in [4.78, 5) is 20.3. The normalized spacial score (nSPS) is 18.5. The third-order valence-corrected chi connectivity index (χ3v) is 4.30. The zero-order valence-corrected chi connectivity index (χ0v) is 13.3. The largest absolute Gasteiger partial charge is 0.354 e. The zero-order valence-electron chi connectivity index (χ0n) is 13.3. The number of H-pyrrole nitrogens is 1. The first-order chi connectivity index (χ1) is 11.2. The van der Waals surface area contributed by atoms with Crippen molar-refractivity contribution in [1.29, 1.82) is 0 Å². The van der Waals surface area contributed by atoms with Crippen LogP contribution in [0, 0.1) is 13.8 Å². The molecule has 1 saturated heterocycles. The highest BCUT2D eigenvalue weighted by Crippen LogP contribution is 2.30. The summed E-state index contributed by atoms with van der Waals surface area (Å²) in [5.41, 5.74) is 2.74. The first kappa shape index (κ1) is 14.0. The van der Waals surface area contributed by atoms with Crippen molar-refractivity contribution in [2.75, 3.05) is 18.0 Å². The molecule has 7 nitrogen and oxygen atoms in total. The molecule has 23 heavy (non-hydrogen) atoms. The van der Waals surface area contributed by atoms with E-state index in [-0.39, 0.29) is 0 Å². The van der Waals surface area contributed by atoms with Gasteiger partial charge in [-0.25, -0.2) is 19.9 Å². The maximum absolute atomic E-state index is 4.65. The second-order valence-electron chi connectivity index (χ2n) is 6.08. The summed E-state index contributed by atoms with van der Waals surface area (Å²) in [6.45, 7) is 5.76. The van der Waals surface area contributed by atoms with Gasteiger partial charge in [0.15, 0.2) is 11.6 Å². The molecular formula is C16H19N7. The van der Waals surface area contributed by atoms with Gasteiger partial charge in [-0.3, -0.25) is 5.10 Å². The van der Waals surface area contributed by atoms with E-state index >= 15 is 0 Å². The van der Waals surface area contributed by atoms with E-state index in [9.17, 15) is 0 Å². The molecule has 1 fully saturated rings. The molecule has 0 radical (unpaired) electrons. The third-order valence-electron chi connectivity index (χ3n) is 4.30. The predicted molar refractivity (Wildman–Crippen MR) is 87.4 cm³/mol. The molecule has 3 aromatic heterocycles. The molecule has 0 aromatic carbocycles. The van der Waals surface area contributed by atoms with Crippen molar-refractivity contribution >= 4 is 16.9 Å². The summed E-state index contributed by atoms with van der Waals surface area (Å²) in [5.74, 6) is 3.00. The van der Waals surface area contributed by atoms with E-state index in [1.54, 1.807) is 6.33 Å². The maximum atomic E-state index is 4.65. The fraction of sp³-hybridized carbons (Fsp3) is 0.438. The van der Waals surface area contributed by atoms with Crippen LogP contribution >= 0.6 is 0 Å². The molecule has 4 heterocycles. The summed E-state index contributed by atoms with van der Waals surface area (Å²) in [6, 6.07) is 3.98. The van der Waals surface area contributed by atoms with Crippen LogP contribution in [0.15, 0.2) is 18.5 Å². The van der Waals surface area contributed by atoms with Gasteiger partial charge in [-0.2, -0.15) is 5.10 Å². The summed E-state index contributed by atoms with van der Waals surface area (Å²) >= 11 is 0. The van der Waals surface area contributed by atoms with Gasteiger partial charge in [0.25, 0.3) is 0 Å². The van der Waals surface area contributed by atoms with Crippen LogP contribution in [-0.2, 0) is 0 Å². The van der Waals surface area contributed by atoms with E-state index in [1.165, 1.54) is 0 Å². The van der Waals surface area contributed by atoms with Gasteiger partial charge in [0.1, 0.15) is 17.7 Å². The average Bonchev–Trinajstić information content (AvgIpc) is 3.01. The number of pyridine rings is 1. The number of fused-ring (bicyclic) bond motifs is 1. The standard InChI is InChI=1S/C16H19N7/c1-10-5-6-13-14(19-10)16(18-9-17-13)23-7-3-4-12(8-23)15-20-11(2)21-22-15/h5-6,9,12H,3-4,7-8H2,1-2H3,(H,20,21,22). The minimum absolute atomic E-state index is 0.323. The van der Waals surface area contributed by atoms with Gasteiger partial charge >= 0.3 is 0 Å². The number of hydrogen-bond acceptors (Lipinski definition) is 6. The van der Waals surface area contributed by atoms with Crippen molar-refractivity contribution in [3.8, 4) is 0 Å². The van der Waals surface area contributed by atoms with Crippen LogP contribution in [0.1, 0.15) is 36.1 Å². The Balaban J connectivity index is 1.69. The second-order valence-corrected chi connectivity index (χ2v) is 6.08. The van der Waals surface area contributed by atoms with Crippen molar-refractivity contribution in [2.24, 2.45) is 0 Å². The molecule has 1 N–H and O–H groups in total. The van der Waals surface area contributed by atoms with E-state index in [1.807, 2.05) is 26.0 Å². The van der Waals surface area contributed by atoms with Crippen LogP contribution in [0.2, 0.25) is 0 Å². The van der Waals surface area contributed by atoms with Gasteiger partial charge in [-0.1, -0.05) is 0 Å². The Morgan fingerprint density at radius 3 is 2.91 bits per heavy atom. The van der Waals surface area contributed by atoms with Crippen molar-refractivity contribution in [3.63, 3.8) is 0 Å². The molecule has 0 amide bonds. The number of rotatable bonds is 2. The second kappa shape index (κ2) is 5.57. The molecule has 4 rings (SSSR count). The van der Waals surface area contributed by atoms with Gasteiger partial charge in [-0.05, 0) is 38.8 Å². The molecule has 1 atom stereocenters. The van der Waals surface area contributed by atoms with Crippen LogP contribution in [0.5, 0.6) is 0 Å². The summed E-state index contributed by atoms with van der Waals surface area (Å²) in [5, 5.41) is 7.27. The first-order valence-electron chi connectivity index (χ1n) is 7.93. The number of hydrogen-bond donors (Lipinski definition) is 1. The Hall–Kier alpha value is -2.57. The lowest BCUT2D eigenvalue weighted by molar-refractivity contribution is 0.490. The van der Waals surface area contributed by atoms with Gasteiger partial charge in [0, 0.05) is 24.7 Å². The van der Waals surface area contributed by atoms with Crippen LogP contribution < -0.4 is 4.90 Å². The number of aromatic nitrogens is 6. The predicted octanol–water partition coefficient (Wildman–Crippen LogP) is 2.14. The summed E-state index contributed by atoms with van der Waals surface area (Å²) < 4.78 is 0. The van der Waals surface area contributed by atoms with Crippen molar-refractivity contribution < 1.29 is 0 Å². The molecule has 3 aromatic rings. The lowest BCUT2D eigenvalue weighted by Crippen LogP contribution is -2.35. The third kappa shape index (κ3) is 2.62.